The monoisotopic (exact) mass is 235 g/mol. The summed E-state index contributed by atoms with van der Waals surface area (Å²) in [6, 6.07) is 3.47. The number of ether oxygens (including phenoxy) is 1. The molecule has 2 rings (SSSR count). The van der Waals surface area contributed by atoms with Crippen molar-refractivity contribution < 1.29 is 4.74 Å². The van der Waals surface area contributed by atoms with Crippen LogP contribution in [0.1, 0.15) is 24.4 Å². The zero-order valence-corrected chi connectivity index (χ0v) is 10.3. The molecule has 0 amide bonds. The lowest BCUT2D eigenvalue weighted by Crippen LogP contribution is -2.17. The highest BCUT2D eigenvalue weighted by molar-refractivity contribution is 5.25. The Balaban J connectivity index is 2.33. The van der Waals surface area contributed by atoms with Gasteiger partial charge in [0, 0.05) is 25.9 Å². The Labute approximate surface area is 100.0 Å². The van der Waals surface area contributed by atoms with Crippen molar-refractivity contribution in [3.8, 4) is 5.88 Å². The molecule has 0 radical (unpaired) electrons. The Morgan fingerprint density at radius 2 is 2.29 bits per heavy atom. The summed E-state index contributed by atoms with van der Waals surface area (Å²) in [4.78, 5) is 0. The van der Waals surface area contributed by atoms with Crippen LogP contribution >= 0.6 is 0 Å². The van der Waals surface area contributed by atoms with E-state index in [0.717, 1.165) is 17.9 Å². The molecule has 6 heteroatoms. The minimum atomic E-state index is -0.285. The van der Waals surface area contributed by atoms with Crippen LogP contribution in [0.15, 0.2) is 18.3 Å². The minimum Gasteiger partial charge on any atom is -0.481 e. The summed E-state index contributed by atoms with van der Waals surface area (Å²) in [7, 11) is 3.44. The van der Waals surface area contributed by atoms with Gasteiger partial charge in [0.15, 0.2) is 0 Å². The van der Waals surface area contributed by atoms with Gasteiger partial charge in [-0.1, -0.05) is 0 Å². The van der Waals surface area contributed by atoms with Crippen LogP contribution in [0.2, 0.25) is 0 Å². The maximum atomic E-state index is 6.18. The van der Waals surface area contributed by atoms with E-state index in [4.69, 9.17) is 10.5 Å². The lowest BCUT2D eigenvalue weighted by Gasteiger charge is -2.10. The lowest BCUT2D eigenvalue weighted by atomic mass is 10.1. The first-order valence-corrected chi connectivity index (χ1v) is 5.52. The van der Waals surface area contributed by atoms with Crippen molar-refractivity contribution in [3.05, 3.63) is 29.7 Å². The van der Waals surface area contributed by atoms with Gasteiger partial charge in [-0.25, -0.2) is 4.68 Å². The maximum Gasteiger partial charge on any atom is 0.211 e. The SMILES string of the molecule is CCn1nccc1C(N)c1cc(OC)n(C)n1. The Morgan fingerprint density at radius 3 is 2.88 bits per heavy atom. The van der Waals surface area contributed by atoms with Gasteiger partial charge in [-0.05, 0) is 13.0 Å². The van der Waals surface area contributed by atoms with Gasteiger partial charge in [-0.15, -0.1) is 0 Å². The van der Waals surface area contributed by atoms with Crippen molar-refractivity contribution in [2.24, 2.45) is 12.8 Å². The second-order valence-corrected chi connectivity index (χ2v) is 3.78. The molecule has 0 aliphatic rings. The third-order valence-corrected chi connectivity index (χ3v) is 2.75. The van der Waals surface area contributed by atoms with E-state index in [1.54, 1.807) is 18.0 Å². The van der Waals surface area contributed by atoms with E-state index in [2.05, 4.69) is 10.2 Å². The molecule has 0 saturated heterocycles. The topological polar surface area (TPSA) is 70.9 Å². The van der Waals surface area contributed by atoms with Crippen LogP contribution in [0, 0.1) is 0 Å². The molecule has 17 heavy (non-hydrogen) atoms. The van der Waals surface area contributed by atoms with E-state index in [0.29, 0.717) is 5.88 Å². The second kappa shape index (κ2) is 4.58. The van der Waals surface area contributed by atoms with Gasteiger partial charge >= 0.3 is 0 Å². The van der Waals surface area contributed by atoms with Crippen LogP contribution in [-0.4, -0.2) is 26.7 Å². The first kappa shape index (κ1) is 11.7. The van der Waals surface area contributed by atoms with E-state index in [1.807, 2.05) is 30.8 Å². The van der Waals surface area contributed by atoms with Crippen molar-refractivity contribution in [3.63, 3.8) is 0 Å². The normalized spacial score (nSPS) is 12.7. The van der Waals surface area contributed by atoms with E-state index in [-0.39, 0.29) is 6.04 Å². The zero-order valence-electron chi connectivity index (χ0n) is 10.3. The summed E-state index contributed by atoms with van der Waals surface area (Å²) in [5, 5.41) is 8.54. The highest BCUT2D eigenvalue weighted by atomic mass is 16.5. The van der Waals surface area contributed by atoms with Gasteiger partial charge in [-0.3, -0.25) is 4.68 Å². The Bertz CT molecular complexity index is 502. The van der Waals surface area contributed by atoms with Crippen molar-refractivity contribution >= 4 is 0 Å². The summed E-state index contributed by atoms with van der Waals surface area (Å²) in [6.07, 6.45) is 1.75. The molecule has 2 aromatic heterocycles. The predicted molar refractivity (Wildman–Crippen MR) is 63.7 cm³/mol. The van der Waals surface area contributed by atoms with E-state index >= 15 is 0 Å². The number of nitrogens with two attached hydrogens (primary N) is 1. The Kier molecular flexibility index (Phi) is 3.14. The molecule has 6 nitrogen and oxygen atoms in total. The summed E-state index contributed by atoms with van der Waals surface area (Å²) < 4.78 is 8.71. The summed E-state index contributed by atoms with van der Waals surface area (Å²) >= 11 is 0. The Hall–Kier alpha value is -1.82. The highest BCUT2D eigenvalue weighted by Gasteiger charge is 2.17. The fourth-order valence-corrected chi connectivity index (χ4v) is 1.84. The van der Waals surface area contributed by atoms with Gasteiger partial charge in [0.2, 0.25) is 5.88 Å². The number of aromatic nitrogens is 4. The van der Waals surface area contributed by atoms with E-state index < -0.39 is 0 Å². The van der Waals surface area contributed by atoms with Gasteiger partial charge in [0.25, 0.3) is 0 Å². The van der Waals surface area contributed by atoms with Crippen molar-refractivity contribution in [2.75, 3.05) is 7.11 Å². The molecule has 1 unspecified atom stereocenters. The first-order chi connectivity index (χ1) is 8.17. The number of nitrogens with zero attached hydrogens (tertiary/aromatic N) is 4. The third-order valence-electron chi connectivity index (χ3n) is 2.75. The fraction of sp³-hybridized carbons (Fsp3) is 0.455. The van der Waals surface area contributed by atoms with Crippen LogP contribution < -0.4 is 10.5 Å². The molecule has 92 valence electrons. The molecule has 1 atom stereocenters. The molecule has 2 N–H and O–H groups in total. The van der Waals surface area contributed by atoms with Crippen molar-refractivity contribution in [1.82, 2.24) is 19.6 Å². The number of methoxy groups -OCH3 is 1. The molecule has 2 aromatic rings. The van der Waals surface area contributed by atoms with Crippen LogP contribution in [-0.2, 0) is 13.6 Å². The van der Waals surface area contributed by atoms with Gasteiger partial charge in [-0.2, -0.15) is 10.2 Å². The van der Waals surface area contributed by atoms with E-state index in [9.17, 15) is 0 Å². The van der Waals surface area contributed by atoms with Crippen LogP contribution in [0.5, 0.6) is 5.88 Å². The fourth-order valence-electron chi connectivity index (χ4n) is 1.84. The van der Waals surface area contributed by atoms with Crippen molar-refractivity contribution in [1.29, 1.82) is 0 Å². The predicted octanol–water partition coefficient (Wildman–Crippen LogP) is 0.693. The molecule has 0 spiro atoms. The largest absolute Gasteiger partial charge is 0.481 e. The molecule has 0 aliphatic carbocycles. The quantitative estimate of drug-likeness (QED) is 0.846. The first-order valence-electron chi connectivity index (χ1n) is 5.52. The van der Waals surface area contributed by atoms with Gasteiger partial charge < -0.3 is 10.5 Å². The molecule has 0 aromatic carbocycles. The molecule has 2 heterocycles. The number of rotatable bonds is 4. The Morgan fingerprint density at radius 1 is 1.53 bits per heavy atom. The number of aryl methyl sites for hydroxylation is 2. The van der Waals surface area contributed by atoms with Gasteiger partial charge in [0.05, 0.1) is 24.5 Å². The average Bonchev–Trinajstić information content (AvgIpc) is 2.93. The summed E-state index contributed by atoms with van der Waals surface area (Å²) in [6.45, 7) is 2.82. The smallest absolute Gasteiger partial charge is 0.211 e. The van der Waals surface area contributed by atoms with Crippen LogP contribution in [0.3, 0.4) is 0 Å². The number of hydrogen-bond acceptors (Lipinski definition) is 4. The maximum absolute atomic E-state index is 6.18. The molecule has 0 saturated carbocycles. The molecular weight excluding hydrogens is 218 g/mol. The number of hydrogen-bond donors (Lipinski definition) is 1. The molecule has 0 aliphatic heterocycles. The molecule has 0 bridgehead atoms. The van der Waals surface area contributed by atoms with E-state index in [1.165, 1.54) is 0 Å². The second-order valence-electron chi connectivity index (χ2n) is 3.78. The third kappa shape index (κ3) is 2.03. The van der Waals surface area contributed by atoms with Crippen molar-refractivity contribution in [2.45, 2.75) is 19.5 Å². The summed E-state index contributed by atoms with van der Waals surface area (Å²) in [5.74, 6) is 0.693. The summed E-state index contributed by atoms with van der Waals surface area (Å²) in [5.41, 5.74) is 7.91. The zero-order chi connectivity index (χ0) is 12.4. The highest BCUT2D eigenvalue weighted by Crippen LogP contribution is 2.21. The average molecular weight is 235 g/mol. The van der Waals surface area contributed by atoms with Crippen LogP contribution in [0.25, 0.3) is 0 Å². The van der Waals surface area contributed by atoms with Crippen LogP contribution in [0.4, 0.5) is 0 Å². The molecular formula is C11H17N5O. The van der Waals surface area contributed by atoms with Gasteiger partial charge in [0.1, 0.15) is 0 Å². The minimum absolute atomic E-state index is 0.285. The lowest BCUT2D eigenvalue weighted by molar-refractivity contribution is 0.373. The standard InChI is InChI=1S/C11H17N5O/c1-4-16-9(5-6-13-16)11(12)8-7-10(17-3)15(2)14-8/h5-7,11H,4,12H2,1-3H3. The molecule has 0 fully saturated rings.